The van der Waals surface area contributed by atoms with Crippen LogP contribution in [-0.2, 0) is 4.79 Å². The zero-order valence-electron chi connectivity index (χ0n) is 19.1. The van der Waals surface area contributed by atoms with E-state index in [1.165, 1.54) is 17.1 Å². The lowest BCUT2D eigenvalue weighted by Crippen LogP contribution is -2.40. The Morgan fingerprint density at radius 2 is 1.92 bits per heavy atom. The van der Waals surface area contributed by atoms with Gasteiger partial charge in [0.2, 0.25) is 11.9 Å². The van der Waals surface area contributed by atoms with Crippen LogP contribution in [0.2, 0.25) is 0 Å². The van der Waals surface area contributed by atoms with Crippen LogP contribution in [0, 0.1) is 5.92 Å². The molecule has 0 aromatic carbocycles. The van der Waals surface area contributed by atoms with Crippen molar-refractivity contribution in [3.63, 3.8) is 0 Å². The second-order valence-electron chi connectivity index (χ2n) is 8.79. The number of nitrogens with zero attached hydrogens (tertiary/aromatic N) is 4. The van der Waals surface area contributed by atoms with E-state index in [1.807, 2.05) is 31.2 Å². The summed E-state index contributed by atoms with van der Waals surface area (Å²) in [7, 11) is 0. The Bertz CT molecular complexity index is 1370. The van der Waals surface area contributed by atoms with E-state index >= 15 is 0 Å². The van der Waals surface area contributed by atoms with Crippen molar-refractivity contribution in [3.05, 3.63) is 94.4 Å². The molecule has 0 fully saturated rings. The number of aliphatic imine (C=N–C) groups is 1. The van der Waals surface area contributed by atoms with E-state index in [2.05, 4.69) is 15.0 Å². The number of amides is 1. The van der Waals surface area contributed by atoms with E-state index in [-0.39, 0.29) is 29.9 Å². The lowest BCUT2D eigenvalue weighted by atomic mass is 9.84. The molecule has 2 aliphatic heterocycles. The maximum Gasteiger partial charge on any atom is 0.415 e. The second kappa shape index (κ2) is 8.85. The largest absolute Gasteiger partial charge is 0.415 e. The Hall–Kier alpha value is -4.08. The Morgan fingerprint density at radius 1 is 1.17 bits per heavy atom. The summed E-state index contributed by atoms with van der Waals surface area (Å²) in [4.78, 5) is 27.5. The van der Waals surface area contributed by atoms with Crippen LogP contribution in [0.5, 0.6) is 0 Å². The molecule has 184 valence electrons. The van der Waals surface area contributed by atoms with Crippen molar-refractivity contribution in [1.82, 2.24) is 14.9 Å². The molecule has 36 heavy (non-hydrogen) atoms. The maximum absolute atomic E-state index is 14.3. The first-order chi connectivity index (χ1) is 17.1. The molecule has 10 heteroatoms. The Kier molecular flexibility index (Phi) is 5.82. The predicted molar refractivity (Wildman–Crippen MR) is 128 cm³/mol. The molecule has 0 saturated heterocycles. The number of dihydropyridines is 1. The molecule has 1 aromatic heterocycles. The van der Waals surface area contributed by atoms with Gasteiger partial charge in [-0.15, -0.1) is 0 Å². The van der Waals surface area contributed by atoms with Gasteiger partial charge in [-0.1, -0.05) is 31.2 Å². The number of allylic oxidation sites excluding steroid dienone is 10. The lowest BCUT2D eigenvalue weighted by molar-refractivity contribution is -0.128. The normalized spacial score (nSPS) is 24.1. The third kappa shape index (κ3) is 4.23. The zero-order valence-corrected chi connectivity index (χ0v) is 19.1. The third-order valence-electron chi connectivity index (χ3n) is 6.41. The van der Waals surface area contributed by atoms with Gasteiger partial charge in [-0.05, 0) is 35.3 Å². The molecular weight excluding hydrogens is 474 g/mol. The molecule has 2 N–H and O–H groups in total. The monoisotopic (exact) mass is 495 g/mol. The highest BCUT2D eigenvalue weighted by Gasteiger charge is 2.40. The van der Waals surface area contributed by atoms with Crippen molar-refractivity contribution in [3.8, 4) is 0 Å². The number of alkyl halides is 3. The molecule has 0 radical (unpaired) electrons. The number of hydrogen-bond acceptors (Lipinski definition) is 5. The second-order valence-corrected chi connectivity index (χ2v) is 8.79. The maximum atomic E-state index is 14.3. The van der Waals surface area contributed by atoms with E-state index < -0.39 is 30.0 Å². The molecule has 2 atom stereocenters. The van der Waals surface area contributed by atoms with Gasteiger partial charge < -0.3 is 5.73 Å². The Balaban J connectivity index is 1.62. The van der Waals surface area contributed by atoms with Crippen LogP contribution in [0.3, 0.4) is 0 Å². The van der Waals surface area contributed by atoms with Crippen molar-refractivity contribution in [2.75, 3.05) is 5.73 Å². The molecule has 1 unspecified atom stereocenters. The molecule has 0 saturated carbocycles. The van der Waals surface area contributed by atoms with Crippen LogP contribution in [0.15, 0.2) is 93.9 Å². The van der Waals surface area contributed by atoms with Gasteiger partial charge in [-0.25, -0.2) is 14.4 Å². The number of carbonyl (C=O) groups excluding carboxylic acids is 1. The number of halogens is 4. The number of aromatic nitrogens is 2. The van der Waals surface area contributed by atoms with Gasteiger partial charge in [0.15, 0.2) is 0 Å². The number of fused-ring (bicyclic) bond motifs is 2. The van der Waals surface area contributed by atoms with Crippen LogP contribution in [0.1, 0.15) is 25.3 Å². The van der Waals surface area contributed by atoms with E-state index in [9.17, 15) is 22.4 Å². The number of nitrogens with two attached hydrogens (primary N) is 1. The fraction of sp³-hybridized carbons (Fsp3) is 0.231. The number of nitrogen functional groups attached to an aromatic ring is 1. The summed E-state index contributed by atoms with van der Waals surface area (Å²) in [6.45, 7) is 1.90. The average molecular weight is 495 g/mol. The summed E-state index contributed by atoms with van der Waals surface area (Å²) in [5, 5.41) is 0. The van der Waals surface area contributed by atoms with Crippen LogP contribution in [0.4, 0.5) is 23.5 Å². The Labute approximate surface area is 204 Å². The van der Waals surface area contributed by atoms with Gasteiger partial charge in [-0.3, -0.25) is 14.7 Å². The number of anilines is 1. The Morgan fingerprint density at radius 3 is 2.64 bits per heavy atom. The predicted octanol–water partition coefficient (Wildman–Crippen LogP) is 5.14. The summed E-state index contributed by atoms with van der Waals surface area (Å²) in [5.41, 5.74) is 7.96. The highest BCUT2D eigenvalue weighted by Crippen LogP contribution is 2.42. The van der Waals surface area contributed by atoms with E-state index in [1.54, 1.807) is 18.6 Å². The highest BCUT2D eigenvalue weighted by molar-refractivity contribution is 5.94. The summed E-state index contributed by atoms with van der Waals surface area (Å²) in [5.74, 6) is -1.69. The van der Waals surface area contributed by atoms with Gasteiger partial charge in [-0.2, -0.15) is 13.2 Å². The molecule has 5 rings (SSSR count). The van der Waals surface area contributed by atoms with Crippen LogP contribution < -0.4 is 5.73 Å². The van der Waals surface area contributed by atoms with E-state index in [0.717, 1.165) is 17.2 Å². The fourth-order valence-electron chi connectivity index (χ4n) is 4.59. The van der Waals surface area contributed by atoms with Crippen molar-refractivity contribution in [2.24, 2.45) is 10.9 Å². The molecule has 6 nitrogen and oxygen atoms in total. The molecule has 0 spiro atoms. The fourth-order valence-corrected chi connectivity index (χ4v) is 4.59. The van der Waals surface area contributed by atoms with E-state index in [0.29, 0.717) is 16.8 Å². The van der Waals surface area contributed by atoms with Gasteiger partial charge in [0, 0.05) is 48.3 Å². The van der Waals surface area contributed by atoms with Gasteiger partial charge >= 0.3 is 6.18 Å². The molecule has 0 bridgehead atoms. The van der Waals surface area contributed by atoms with Crippen LogP contribution in [-0.4, -0.2) is 39.2 Å². The van der Waals surface area contributed by atoms with Crippen molar-refractivity contribution >= 4 is 23.6 Å². The summed E-state index contributed by atoms with van der Waals surface area (Å²) in [6, 6.07) is -0.427. The molecule has 3 heterocycles. The lowest BCUT2D eigenvalue weighted by Gasteiger charge is -2.39. The minimum absolute atomic E-state index is 0.130. The topological polar surface area (TPSA) is 84.5 Å². The number of carbonyl (C=O) groups is 1. The average Bonchev–Trinajstić information content (AvgIpc) is 3.15. The van der Waals surface area contributed by atoms with Gasteiger partial charge in [0.25, 0.3) is 0 Å². The minimum atomic E-state index is -4.82. The highest BCUT2D eigenvalue weighted by atomic mass is 19.4. The first kappa shape index (κ1) is 23.7. The summed E-state index contributed by atoms with van der Waals surface area (Å²) >= 11 is 0. The van der Waals surface area contributed by atoms with Gasteiger partial charge in [0.1, 0.15) is 5.83 Å². The standard InChI is InChI=1S/C26H21F4N5O/c1-14-9-23(36)35(17-5-7-20(26(28,29)30)21(27)8-6-17)24-18-10-15(16-11-33-25(31)34-12-16)3-2-4-22(18)32-13-19(14)24/h2-6,8,10-14,22H,7,9H2,1H3,(H2,31,33,34)/t14-,22?/m1/s1. The summed E-state index contributed by atoms with van der Waals surface area (Å²) < 4.78 is 54.3. The van der Waals surface area contributed by atoms with Crippen molar-refractivity contribution < 1.29 is 22.4 Å². The number of hydrogen-bond donors (Lipinski definition) is 1. The van der Waals surface area contributed by atoms with E-state index in [4.69, 9.17) is 5.73 Å². The SMILES string of the molecule is C[C@@H]1CC(=O)N(C2=CCC(C(F)(F)F)=C(F)C=C2)C2=C1C=NC1C=CC=C(c3cnc(N)nc3)C=C21. The van der Waals surface area contributed by atoms with Crippen molar-refractivity contribution in [1.29, 1.82) is 0 Å². The smallest absolute Gasteiger partial charge is 0.368 e. The van der Waals surface area contributed by atoms with Crippen molar-refractivity contribution in [2.45, 2.75) is 32.0 Å². The van der Waals surface area contributed by atoms with Crippen LogP contribution >= 0.6 is 0 Å². The summed E-state index contributed by atoms with van der Waals surface area (Å²) in [6.07, 6.45) is 10.1. The molecule has 4 aliphatic rings. The first-order valence-corrected chi connectivity index (χ1v) is 11.3. The third-order valence-corrected chi connectivity index (χ3v) is 6.41. The quantitative estimate of drug-likeness (QED) is 0.576. The van der Waals surface area contributed by atoms with Crippen LogP contribution in [0.25, 0.3) is 5.57 Å². The molecule has 1 aromatic rings. The zero-order chi connectivity index (χ0) is 25.6. The molecule has 1 amide bonds. The minimum Gasteiger partial charge on any atom is -0.368 e. The number of rotatable bonds is 2. The first-order valence-electron chi connectivity index (χ1n) is 11.3. The van der Waals surface area contributed by atoms with Gasteiger partial charge in [0.05, 0.1) is 17.3 Å². The molecular formula is C26H21F4N5O. The molecule has 2 aliphatic carbocycles.